The van der Waals surface area contributed by atoms with E-state index in [1.165, 1.54) is 16.7 Å². The summed E-state index contributed by atoms with van der Waals surface area (Å²) in [4.78, 5) is 57.9. The molecule has 8 N–H and O–H groups in total. The van der Waals surface area contributed by atoms with Crippen molar-refractivity contribution in [3.8, 4) is 0 Å². The van der Waals surface area contributed by atoms with Gasteiger partial charge in [0.1, 0.15) is 12.2 Å². The summed E-state index contributed by atoms with van der Waals surface area (Å²) in [5, 5.41) is 13.3. The second-order valence-corrected chi connectivity index (χ2v) is 11.6. The van der Waals surface area contributed by atoms with Crippen LogP contribution in [0.2, 0.25) is 0 Å². The number of hydrogen-bond donors (Lipinski definition) is 5. The molecule has 198 valence electrons. The van der Waals surface area contributed by atoms with Crippen LogP contribution in [0.15, 0.2) is 15.6 Å². The van der Waals surface area contributed by atoms with Gasteiger partial charge in [0.05, 0.1) is 18.0 Å². The molecule has 13 heteroatoms. The molecular weight excluding hydrogens is 486 g/mol. The Morgan fingerprint density at radius 3 is 2.64 bits per heavy atom. The molecule has 3 fully saturated rings. The zero-order valence-corrected chi connectivity index (χ0v) is 21.4. The lowest BCUT2D eigenvalue weighted by Crippen LogP contribution is -2.62. The van der Waals surface area contributed by atoms with E-state index >= 15 is 0 Å². The Hall–Kier alpha value is -2.64. The first-order valence-electron chi connectivity index (χ1n) is 12.3. The van der Waals surface area contributed by atoms with Crippen molar-refractivity contribution >= 4 is 41.3 Å². The monoisotopic (exact) mass is 521 g/mol. The summed E-state index contributed by atoms with van der Waals surface area (Å²) in [6, 6.07) is -0.613. The molecule has 2 amide bonds. The van der Waals surface area contributed by atoms with E-state index in [2.05, 4.69) is 10.3 Å². The number of amides is 2. The van der Waals surface area contributed by atoms with Gasteiger partial charge in [0.15, 0.2) is 11.7 Å². The number of rotatable bonds is 9. The lowest BCUT2D eigenvalue weighted by atomic mass is 9.73. The molecule has 4 rings (SSSR count). The Morgan fingerprint density at radius 1 is 1.31 bits per heavy atom. The number of fused-ring (bicyclic) bond motifs is 1. The number of nitrogens with zero attached hydrogens (tertiary/aromatic N) is 3. The number of carbonyl (C=O) groups excluding carboxylic acids is 3. The van der Waals surface area contributed by atoms with Crippen molar-refractivity contribution in [1.29, 1.82) is 0 Å². The fourth-order valence-corrected chi connectivity index (χ4v) is 7.34. The number of guanidine groups is 1. The van der Waals surface area contributed by atoms with Crippen molar-refractivity contribution in [3.63, 3.8) is 0 Å². The van der Waals surface area contributed by atoms with Crippen molar-refractivity contribution < 1.29 is 24.3 Å². The maximum absolute atomic E-state index is 13.1. The van der Waals surface area contributed by atoms with Gasteiger partial charge in [-0.2, -0.15) is 0 Å². The van der Waals surface area contributed by atoms with Gasteiger partial charge in [-0.25, -0.2) is 9.79 Å². The van der Waals surface area contributed by atoms with Crippen LogP contribution in [-0.2, 0) is 19.2 Å². The summed E-state index contributed by atoms with van der Waals surface area (Å²) < 4.78 is 0. The molecular formula is C23H35N7O5S. The minimum Gasteiger partial charge on any atom is -0.477 e. The zero-order valence-electron chi connectivity index (χ0n) is 20.6. The summed E-state index contributed by atoms with van der Waals surface area (Å²) in [6.45, 7) is 5.41. The van der Waals surface area contributed by atoms with E-state index < -0.39 is 11.9 Å². The summed E-state index contributed by atoms with van der Waals surface area (Å²) in [5.41, 5.74) is 16.5. The number of nitrogens with one attached hydrogen (secondary N) is 1. The Kier molecular flexibility index (Phi) is 7.62. The molecule has 12 nitrogen and oxygen atoms in total. The Morgan fingerprint density at radius 2 is 2.03 bits per heavy atom. The Labute approximate surface area is 214 Å². The number of β-lactam (4-membered cyclic amide) rings is 1. The van der Waals surface area contributed by atoms with E-state index in [0.717, 1.165) is 6.42 Å². The molecule has 0 spiro atoms. The molecule has 4 aliphatic rings. The van der Waals surface area contributed by atoms with Crippen LogP contribution < -0.4 is 22.5 Å². The Bertz CT molecular complexity index is 1010. The molecule has 7 atom stereocenters. The van der Waals surface area contributed by atoms with E-state index in [4.69, 9.17) is 17.2 Å². The van der Waals surface area contributed by atoms with E-state index in [-0.39, 0.29) is 77.4 Å². The van der Waals surface area contributed by atoms with Gasteiger partial charge in [-0.05, 0) is 18.8 Å². The number of aliphatic imine (C=N–C) groups is 1. The number of hydrogen-bond acceptors (Lipinski definition) is 8. The van der Waals surface area contributed by atoms with Gasteiger partial charge in [-0.1, -0.05) is 13.8 Å². The van der Waals surface area contributed by atoms with Crippen LogP contribution in [0.5, 0.6) is 0 Å². The third kappa shape index (κ3) is 4.96. The summed E-state index contributed by atoms with van der Waals surface area (Å²) >= 11 is 1.45. The number of aliphatic carboxylic acids is 1. The van der Waals surface area contributed by atoms with Crippen LogP contribution in [0.25, 0.3) is 0 Å². The van der Waals surface area contributed by atoms with Crippen molar-refractivity contribution in [1.82, 2.24) is 15.1 Å². The van der Waals surface area contributed by atoms with Crippen LogP contribution in [0.3, 0.4) is 0 Å². The maximum Gasteiger partial charge on any atom is 0.353 e. The smallest absolute Gasteiger partial charge is 0.353 e. The fraction of sp³-hybridized carbons (Fsp3) is 0.696. The van der Waals surface area contributed by atoms with Crippen molar-refractivity contribution in [3.05, 3.63) is 10.6 Å². The highest BCUT2D eigenvalue weighted by atomic mass is 32.2. The SMILES string of the molecule is C[C@@H](CC(=O)CN=C(N)N)[C@H]1C(=O)N2C(C(=O)O)=C(S[C@@H]3CN[C@H](C(=O)N4CC[C@@H](N)C4)C3)[C@H](C)[C@H]12. The van der Waals surface area contributed by atoms with E-state index in [9.17, 15) is 24.3 Å². The number of likely N-dealkylation sites (tertiary alicyclic amines) is 1. The number of carboxylic acids is 1. The number of carboxylic acid groups (broad SMARTS) is 1. The maximum atomic E-state index is 13.1. The van der Waals surface area contributed by atoms with Gasteiger partial charge in [0, 0.05) is 48.2 Å². The second kappa shape index (κ2) is 10.4. The lowest BCUT2D eigenvalue weighted by Gasteiger charge is -2.47. The summed E-state index contributed by atoms with van der Waals surface area (Å²) in [6.07, 6.45) is 1.51. The normalized spacial score (nSPS) is 32.4. The van der Waals surface area contributed by atoms with Crippen LogP contribution >= 0.6 is 11.8 Å². The van der Waals surface area contributed by atoms with Gasteiger partial charge in [-0.15, -0.1) is 11.8 Å². The average molecular weight is 522 g/mol. The Balaban J connectivity index is 1.41. The van der Waals surface area contributed by atoms with Crippen LogP contribution in [0.4, 0.5) is 0 Å². The highest BCUT2D eigenvalue weighted by Crippen LogP contribution is 2.53. The summed E-state index contributed by atoms with van der Waals surface area (Å²) in [7, 11) is 0. The van der Waals surface area contributed by atoms with Crippen LogP contribution in [0, 0.1) is 17.8 Å². The number of thioether (sulfide) groups is 1. The van der Waals surface area contributed by atoms with Crippen LogP contribution in [0.1, 0.15) is 33.1 Å². The average Bonchev–Trinajstić information content (AvgIpc) is 3.50. The van der Waals surface area contributed by atoms with Crippen molar-refractivity contribution in [2.75, 3.05) is 26.2 Å². The first-order valence-corrected chi connectivity index (χ1v) is 13.2. The first kappa shape index (κ1) is 26.4. The highest BCUT2D eigenvalue weighted by Gasteiger charge is 2.60. The zero-order chi connectivity index (χ0) is 26.3. The lowest BCUT2D eigenvalue weighted by molar-refractivity contribution is -0.160. The molecule has 36 heavy (non-hydrogen) atoms. The second-order valence-electron chi connectivity index (χ2n) is 10.3. The fourth-order valence-electron chi connectivity index (χ4n) is 5.87. The number of Topliss-reactive ketones (excluding diaryl/α,β-unsaturated/α-hetero) is 1. The van der Waals surface area contributed by atoms with E-state index in [0.29, 0.717) is 31.0 Å². The van der Waals surface area contributed by atoms with E-state index in [1.54, 1.807) is 4.90 Å². The third-order valence-corrected chi connectivity index (χ3v) is 9.12. The van der Waals surface area contributed by atoms with Gasteiger partial charge in [0.25, 0.3) is 0 Å². The van der Waals surface area contributed by atoms with E-state index in [1.807, 2.05) is 13.8 Å². The molecule has 0 aliphatic carbocycles. The molecule has 0 unspecified atom stereocenters. The highest BCUT2D eigenvalue weighted by molar-refractivity contribution is 8.03. The quantitative estimate of drug-likeness (QED) is 0.137. The number of ketones is 1. The molecule has 3 saturated heterocycles. The molecule has 0 bridgehead atoms. The summed E-state index contributed by atoms with van der Waals surface area (Å²) in [5.74, 6) is -2.64. The topological polar surface area (TPSA) is 197 Å². The van der Waals surface area contributed by atoms with Gasteiger partial charge >= 0.3 is 5.97 Å². The third-order valence-electron chi connectivity index (χ3n) is 7.61. The number of nitrogens with two attached hydrogens (primary N) is 3. The van der Waals surface area contributed by atoms with Crippen molar-refractivity contribution in [2.45, 2.75) is 56.5 Å². The molecule has 0 aromatic carbocycles. The number of carbonyl (C=O) groups is 4. The van der Waals surface area contributed by atoms with Crippen LogP contribution in [-0.4, -0.2) is 94.0 Å². The molecule has 0 radical (unpaired) electrons. The minimum atomic E-state index is -1.14. The van der Waals surface area contributed by atoms with Crippen molar-refractivity contribution in [2.24, 2.45) is 39.9 Å². The molecule has 0 aromatic heterocycles. The molecule has 0 saturated carbocycles. The minimum absolute atomic E-state index is 0.00728. The first-order chi connectivity index (χ1) is 17.0. The molecule has 4 heterocycles. The molecule has 0 aromatic rings. The largest absolute Gasteiger partial charge is 0.477 e. The predicted octanol–water partition coefficient (Wildman–Crippen LogP) is -1.35. The van der Waals surface area contributed by atoms with Gasteiger partial charge in [0.2, 0.25) is 11.8 Å². The van der Waals surface area contributed by atoms with Gasteiger partial charge < -0.3 is 37.4 Å². The standard InChI is InChI=1S/C23H35N7O5S/c1-10(5-13(31)7-28-23(25)26)16-17-11(2)19(18(22(34)35)30(17)21(16)33)36-14-6-15(27-8-14)20(32)29-4-3-12(24)9-29/h10-12,14-17,27H,3-9,24H2,1-2H3,(H,34,35)(H4,25,26,28)/t10-,11+,12+,14-,15-,16+,17+/m0/s1. The predicted molar refractivity (Wildman–Crippen MR) is 134 cm³/mol. The van der Waals surface area contributed by atoms with Gasteiger partial charge in [-0.3, -0.25) is 14.4 Å². The molecule has 4 aliphatic heterocycles.